The molecule has 1 aliphatic rings. The first-order valence-electron chi connectivity index (χ1n) is 5.91. The van der Waals surface area contributed by atoms with Crippen LogP contribution in [0.1, 0.15) is 38.0 Å². The maximum atomic E-state index is 6.32. The molecule has 0 spiro atoms. The van der Waals surface area contributed by atoms with Gasteiger partial charge in [0.15, 0.2) is 5.82 Å². The summed E-state index contributed by atoms with van der Waals surface area (Å²) in [6, 6.07) is 0. The van der Waals surface area contributed by atoms with Crippen LogP contribution in [0.2, 0.25) is 0 Å². The summed E-state index contributed by atoms with van der Waals surface area (Å²) in [5.41, 5.74) is 5.87. The fraction of sp³-hybridized carbons (Fsp3) is 0.545. The highest BCUT2D eigenvalue weighted by Crippen LogP contribution is 2.34. The summed E-state index contributed by atoms with van der Waals surface area (Å²) in [7, 11) is 0. The molecule has 0 amide bonds. The van der Waals surface area contributed by atoms with Crippen LogP contribution in [0.25, 0.3) is 11.6 Å². The smallest absolute Gasteiger partial charge is 0.247 e. The van der Waals surface area contributed by atoms with Gasteiger partial charge < -0.3 is 15.2 Å². The molecule has 3 rings (SSSR count). The second-order valence-electron chi connectivity index (χ2n) is 4.58. The lowest BCUT2D eigenvalue weighted by Gasteiger charge is -2.29. The predicted molar refractivity (Wildman–Crippen MR) is 68.1 cm³/mol. The van der Waals surface area contributed by atoms with Gasteiger partial charge in [0.2, 0.25) is 11.7 Å². The molecule has 98 valence electrons. The molecule has 0 unspecified atom stereocenters. The lowest BCUT2D eigenvalue weighted by atomic mass is 9.82. The maximum absolute atomic E-state index is 6.32. The normalized spacial score (nSPS) is 18.3. The average molecular weight is 270 g/mol. The summed E-state index contributed by atoms with van der Waals surface area (Å²) in [4.78, 5) is 11.4. The summed E-state index contributed by atoms with van der Waals surface area (Å²) in [6.45, 7) is 0. The van der Waals surface area contributed by atoms with E-state index in [2.05, 4.69) is 20.1 Å². The largest absolute Gasteiger partial charge is 0.342 e. The van der Waals surface area contributed by atoms with Gasteiger partial charge in [-0.25, -0.2) is 4.98 Å². The molecule has 0 aliphatic heterocycles. The average Bonchev–Trinajstić information content (AvgIpc) is 3.01. The zero-order chi connectivity index (χ0) is 11.7. The van der Waals surface area contributed by atoms with Gasteiger partial charge in [-0.1, -0.05) is 24.4 Å². The first-order chi connectivity index (χ1) is 8.28. The number of hydrogen-bond donors (Lipinski definition) is 2. The molecule has 1 aliphatic carbocycles. The summed E-state index contributed by atoms with van der Waals surface area (Å²) < 4.78 is 5.28. The Bertz CT molecular complexity index is 489. The number of aromatic nitrogens is 4. The fourth-order valence-electron chi connectivity index (χ4n) is 2.31. The van der Waals surface area contributed by atoms with Crippen LogP contribution in [0.15, 0.2) is 16.9 Å². The molecule has 3 N–H and O–H groups in total. The van der Waals surface area contributed by atoms with Gasteiger partial charge in [0, 0.05) is 12.4 Å². The summed E-state index contributed by atoms with van der Waals surface area (Å²) in [5, 5.41) is 3.92. The van der Waals surface area contributed by atoms with E-state index < -0.39 is 5.54 Å². The number of H-pyrrole nitrogens is 1. The Morgan fingerprint density at radius 3 is 2.72 bits per heavy atom. The predicted octanol–water partition coefficient (Wildman–Crippen LogP) is 2.00. The lowest BCUT2D eigenvalue weighted by molar-refractivity contribution is 0.220. The molecule has 6 nitrogen and oxygen atoms in total. The van der Waals surface area contributed by atoms with Crippen molar-refractivity contribution in [1.29, 1.82) is 0 Å². The van der Waals surface area contributed by atoms with Crippen LogP contribution in [0.5, 0.6) is 0 Å². The molecule has 1 fully saturated rings. The van der Waals surface area contributed by atoms with E-state index in [1.165, 1.54) is 6.42 Å². The zero-order valence-corrected chi connectivity index (χ0v) is 10.7. The highest BCUT2D eigenvalue weighted by molar-refractivity contribution is 5.85. The Morgan fingerprint density at radius 2 is 2.06 bits per heavy atom. The van der Waals surface area contributed by atoms with Crippen molar-refractivity contribution in [1.82, 2.24) is 20.1 Å². The van der Waals surface area contributed by atoms with Gasteiger partial charge in [-0.05, 0) is 12.8 Å². The van der Waals surface area contributed by atoms with Crippen LogP contribution in [-0.4, -0.2) is 20.1 Å². The molecule has 1 saturated carbocycles. The topological polar surface area (TPSA) is 93.6 Å². The van der Waals surface area contributed by atoms with Gasteiger partial charge in [-0.3, -0.25) is 0 Å². The lowest BCUT2D eigenvalue weighted by Crippen LogP contribution is -2.38. The van der Waals surface area contributed by atoms with Crippen molar-refractivity contribution in [3.05, 3.63) is 18.3 Å². The molecule has 0 saturated heterocycles. The fourth-order valence-corrected chi connectivity index (χ4v) is 2.31. The van der Waals surface area contributed by atoms with Crippen molar-refractivity contribution in [2.45, 2.75) is 37.6 Å². The third-order valence-corrected chi connectivity index (χ3v) is 3.31. The van der Waals surface area contributed by atoms with Crippen molar-refractivity contribution in [2.24, 2.45) is 5.73 Å². The van der Waals surface area contributed by atoms with Crippen LogP contribution in [0.4, 0.5) is 0 Å². The Kier molecular flexibility index (Phi) is 3.68. The van der Waals surface area contributed by atoms with Crippen molar-refractivity contribution in [3.63, 3.8) is 0 Å². The van der Waals surface area contributed by atoms with Crippen molar-refractivity contribution >= 4 is 12.4 Å². The minimum atomic E-state index is -0.448. The van der Waals surface area contributed by atoms with Crippen LogP contribution in [0.3, 0.4) is 0 Å². The molecule has 2 aromatic rings. The van der Waals surface area contributed by atoms with Crippen molar-refractivity contribution in [2.75, 3.05) is 0 Å². The summed E-state index contributed by atoms with van der Waals surface area (Å²) >= 11 is 0. The molecule has 0 radical (unpaired) electrons. The molecular formula is C11H16ClN5O. The Morgan fingerprint density at radius 1 is 1.28 bits per heavy atom. The van der Waals surface area contributed by atoms with E-state index in [0.29, 0.717) is 17.5 Å². The number of nitrogens with two attached hydrogens (primary N) is 1. The highest BCUT2D eigenvalue weighted by Gasteiger charge is 2.35. The van der Waals surface area contributed by atoms with E-state index in [-0.39, 0.29) is 12.4 Å². The molecule has 18 heavy (non-hydrogen) atoms. The number of nitrogens with zero attached hydrogens (tertiary/aromatic N) is 3. The number of rotatable bonds is 2. The van der Waals surface area contributed by atoms with E-state index >= 15 is 0 Å². The maximum Gasteiger partial charge on any atom is 0.247 e. The first kappa shape index (κ1) is 13.0. The van der Waals surface area contributed by atoms with Gasteiger partial charge >= 0.3 is 0 Å². The standard InChI is InChI=1S/C11H15N5O.ClH/c12-11(4-2-1-3-5-11)10-15-9(16-17-10)8-13-6-7-14-8;/h6-7H,1-5,12H2,(H,13,14);1H. The summed E-state index contributed by atoms with van der Waals surface area (Å²) in [6.07, 6.45) is 8.68. The number of aromatic amines is 1. The van der Waals surface area contributed by atoms with Gasteiger partial charge in [0.25, 0.3) is 0 Å². The van der Waals surface area contributed by atoms with E-state index in [0.717, 1.165) is 25.7 Å². The van der Waals surface area contributed by atoms with Gasteiger partial charge in [0.1, 0.15) is 0 Å². The Hall–Kier alpha value is -1.40. The Labute approximate surface area is 111 Å². The molecule has 2 heterocycles. The monoisotopic (exact) mass is 269 g/mol. The molecule has 7 heteroatoms. The summed E-state index contributed by atoms with van der Waals surface area (Å²) in [5.74, 6) is 1.61. The first-order valence-corrected chi connectivity index (χ1v) is 5.91. The number of hydrogen-bond acceptors (Lipinski definition) is 5. The number of nitrogens with one attached hydrogen (secondary N) is 1. The van der Waals surface area contributed by atoms with E-state index in [1.807, 2.05) is 0 Å². The van der Waals surface area contributed by atoms with E-state index in [9.17, 15) is 0 Å². The number of halogens is 1. The van der Waals surface area contributed by atoms with Crippen LogP contribution >= 0.6 is 12.4 Å². The third-order valence-electron chi connectivity index (χ3n) is 3.31. The molecule has 0 bridgehead atoms. The molecule has 0 aromatic carbocycles. The van der Waals surface area contributed by atoms with E-state index in [1.54, 1.807) is 12.4 Å². The van der Waals surface area contributed by atoms with Crippen LogP contribution in [-0.2, 0) is 5.54 Å². The minimum absolute atomic E-state index is 0. The zero-order valence-electron chi connectivity index (χ0n) is 9.93. The minimum Gasteiger partial charge on any atom is -0.342 e. The van der Waals surface area contributed by atoms with Crippen molar-refractivity contribution in [3.8, 4) is 11.6 Å². The highest BCUT2D eigenvalue weighted by atomic mass is 35.5. The quantitative estimate of drug-likeness (QED) is 0.870. The van der Waals surface area contributed by atoms with Crippen molar-refractivity contribution < 1.29 is 4.52 Å². The Balaban J connectivity index is 0.00000120. The number of imidazole rings is 1. The van der Waals surface area contributed by atoms with Gasteiger partial charge in [0.05, 0.1) is 5.54 Å². The second-order valence-corrected chi connectivity index (χ2v) is 4.58. The second kappa shape index (κ2) is 5.07. The molecular weight excluding hydrogens is 254 g/mol. The molecule has 2 aromatic heterocycles. The molecule has 0 atom stereocenters. The van der Waals surface area contributed by atoms with Gasteiger partial charge in [-0.15, -0.1) is 12.4 Å². The van der Waals surface area contributed by atoms with Gasteiger partial charge in [-0.2, -0.15) is 4.98 Å². The third kappa shape index (κ3) is 2.26. The van der Waals surface area contributed by atoms with Crippen LogP contribution < -0.4 is 5.73 Å². The SMILES string of the molecule is Cl.NC1(c2nc(-c3ncc[nH]3)no2)CCCCC1. The van der Waals surface area contributed by atoms with Crippen LogP contribution in [0, 0.1) is 0 Å². The van der Waals surface area contributed by atoms with E-state index in [4.69, 9.17) is 10.3 Å².